The van der Waals surface area contributed by atoms with Crippen LogP contribution in [0.25, 0.3) is 0 Å². The zero-order valence-electron chi connectivity index (χ0n) is 20.0. The van der Waals surface area contributed by atoms with E-state index in [9.17, 15) is 29.1 Å². The van der Waals surface area contributed by atoms with Gasteiger partial charge in [-0.25, -0.2) is 19.7 Å². The van der Waals surface area contributed by atoms with Gasteiger partial charge < -0.3 is 15.7 Å². The molecule has 4 heterocycles. The number of hydrogen-bond acceptors (Lipinski definition) is 12. The van der Waals surface area contributed by atoms with Gasteiger partial charge in [0.05, 0.1) is 6.07 Å². The van der Waals surface area contributed by atoms with Crippen molar-refractivity contribution in [1.29, 1.82) is 5.26 Å². The molecule has 1 saturated heterocycles. The molecule has 0 radical (unpaired) electrons. The van der Waals surface area contributed by atoms with E-state index in [0.717, 1.165) is 4.90 Å². The Labute approximate surface area is 232 Å². The number of tetrazole rings is 1. The highest BCUT2D eigenvalue weighted by molar-refractivity contribution is 8.01. The Morgan fingerprint density at radius 2 is 2.13 bits per heavy atom. The van der Waals surface area contributed by atoms with Crippen molar-refractivity contribution in [3.8, 4) is 6.07 Å². The number of fused-ring (bicyclic) bond motifs is 1. The number of rotatable bonds is 9. The average Bonchev–Trinajstić information content (AvgIpc) is 3.59. The number of thioether (sulfide) groups is 2. The van der Waals surface area contributed by atoms with Gasteiger partial charge in [0, 0.05) is 23.4 Å². The fraction of sp³-hybridized carbons (Fsp3) is 0.350. The van der Waals surface area contributed by atoms with Gasteiger partial charge in [-0.3, -0.25) is 24.7 Å². The molecule has 1 fully saturated rings. The van der Waals surface area contributed by atoms with E-state index in [1.165, 1.54) is 39.5 Å². The van der Waals surface area contributed by atoms with Crippen LogP contribution in [-0.4, -0.2) is 82.9 Å². The number of amides is 5. The van der Waals surface area contributed by atoms with Gasteiger partial charge in [0.25, 0.3) is 11.8 Å². The van der Waals surface area contributed by atoms with Crippen molar-refractivity contribution in [2.75, 3.05) is 11.5 Å². The Morgan fingerprint density at radius 3 is 2.77 bits per heavy atom. The van der Waals surface area contributed by atoms with Crippen molar-refractivity contribution in [2.45, 2.75) is 29.0 Å². The van der Waals surface area contributed by atoms with Crippen molar-refractivity contribution in [2.24, 2.45) is 7.05 Å². The molecule has 0 aliphatic carbocycles. The molecule has 0 bridgehead atoms. The minimum atomic E-state index is -1.27. The lowest BCUT2D eigenvalue weighted by molar-refractivity contribution is -0.150. The quantitative estimate of drug-likeness (QED) is 0.136. The summed E-state index contributed by atoms with van der Waals surface area (Å²) in [5, 5.41) is 36.1. The second-order valence-electron chi connectivity index (χ2n) is 7.96. The average molecular weight is 593 g/mol. The van der Waals surface area contributed by atoms with E-state index in [-0.39, 0.29) is 11.4 Å². The molecule has 0 aromatic carbocycles. The zero-order valence-corrected chi connectivity index (χ0v) is 22.4. The summed E-state index contributed by atoms with van der Waals surface area (Å²) < 4.78 is 1.45. The molecule has 2 aliphatic heterocycles. The lowest BCUT2D eigenvalue weighted by Gasteiger charge is -2.49. The van der Waals surface area contributed by atoms with Crippen LogP contribution < -0.4 is 21.5 Å². The second kappa shape index (κ2) is 12.1. The Bertz CT molecular complexity index is 1370. The summed E-state index contributed by atoms with van der Waals surface area (Å²) in [7, 11) is 1.65. The number of nitriles is 1. The highest BCUT2D eigenvalue weighted by atomic mass is 32.2. The molecule has 4 rings (SSSR count). The highest BCUT2D eigenvalue weighted by Gasteiger charge is 2.54. The van der Waals surface area contributed by atoms with E-state index in [4.69, 9.17) is 5.26 Å². The Balaban J connectivity index is 1.43. The number of aromatic nitrogens is 4. The van der Waals surface area contributed by atoms with E-state index in [1.54, 1.807) is 30.6 Å². The lowest BCUT2D eigenvalue weighted by atomic mass is 10.0. The molecule has 39 heavy (non-hydrogen) atoms. The van der Waals surface area contributed by atoms with Crippen molar-refractivity contribution in [3.63, 3.8) is 0 Å². The fourth-order valence-corrected chi connectivity index (χ4v) is 6.77. The molecule has 204 valence electrons. The standard InChI is InChI=1S/C20H20N10O6S3/c1-29-20(26-27-28-29)39-8-9-7-38-17-13(16(33)30(17)14(9)18(34)35)22-15(32)12(10-3-2-6-37-10)23-19(36)25-24-11(31)4-5-21/h2-3,6,12-13,17H,4,7-8H2,1H3,(H,22,32)(H,24,31)(H,34,35)(H2,23,25,36)/t12?,13-,17?/m0/s1. The number of carboxylic acid groups (broad SMARTS) is 1. The predicted octanol–water partition coefficient (Wildman–Crippen LogP) is -0.912. The van der Waals surface area contributed by atoms with Crippen LogP contribution in [0.2, 0.25) is 0 Å². The van der Waals surface area contributed by atoms with E-state index in [2.05, 4.69) is 31.6 Å². The predicted molar refractivity (Wildman–Crippen MR) is 136 cm³/mol. The molecule has 5 N–H and O–H groups in total. The third-order valence-corrected chi connectivity index (χ3v) is 8.80. The first-order valence-corrected chi connectivity index (χ1v) is 13.9. The Hall–Kier alpha value is -4.15. The largest absolute Gasteiger partial charge is 0.477 e. The van der Waals surface area contributed by atoms with Crippen molar-refractivity contribution < 1.29 is 29.1 Å². The van der Waals surface area contributed by atoms with Gasteiger partial charge in [-0.1, -0.05) is 17.8 Å². The van der Waals surface area contributed by atoms with Gasteiger partial charge in [0.15, 0.2) is 0 Å². The van der Waals surface area contributed by atoms with Gasteiger partial charge >= 0.3 is 12.0 Å². The third kappa shape index (κ3) is 6.13. The summed E-state index contributed by atoms with van der Waals surface area (Å²) in [4.78, 5) is 63.6. The fourth-order valence-electron chi connectivity index (χ4n) is 3.66. The minimum absolute atomic E-state index is 0.141. The zero-order chi connectivity index (χ0) is 28.1. The minimum Gasteiger partial charge on any atom is -0.477 e. The number of carbonyl (C=O) groups excluding carboxylic acids is 4. The highest BCUT2D eigenvalue weighted by Crippen LogP contribution is 2.41. The van der Waals surface area contributed by atoms with Crippen molar-refractivity contribution >= 4 is 64.6 Å². The number of nitrogens with zero attached hydrogens (tertiary/aromatic N) is 6. The van der Waals surface area contributed by atoms with Crippen LogP contribution in [0.4, 0.5) is 4.79 Å². The van der Waals surface area contributed by atoms with E-state index in [0.29, 0.717) is 21.4 Å². The van der Waals surface area contributed by atoms with Gasteiger partial charge in [-0.15, -0.1) is 28.2 Å². The summed E-state index contributed by atoms with van der Waals surface area (Å²) in [5.74, 6) is -2.75. The molecule has 2 aromatic rings. The van der Waals surface area contributed by atoms with E-state index < -0.39 is 53.6 Å². The summed E-state index contributed by atoms with van der Waals surface area (Å²) in [6.07, 6.45) is -0.473. The monoisotopic (exact) mass is 592 g/mol. The van der Waals surface area contributed by atoms with Crippen LogP contribution in [0.3, 0.4) is 0 Å². The van der Waals surface area contributed by atoms with Crippen LogP contribution in [0, 0.1) is 11.3 Å². The molecule has 16 nitrogen and oxygen atoms in total. The Morgan fingerprint density at radius 1 is 1.33 bits per heavy atom. The number of aryl methyl sites for hydroxylation is 1. The SMILES string of the molecule is Cn1nnnc1SCC1=C(C(=O)O)N2C(=O)[C@H](NC(=O)C(NC(=O)NNC(=O)CC#N)c3cccs3)C2SC1. The molecular weight excluding hydrogens is 572 g/mol. The first-order valence-electron chi connectivity index (χ1n) is 11.0. The van der Waals surface area contributed by atoms with Gasteiger partial charge in [0.1, 0.15) is 29.6 Å². The molecule has 0 spiro atoms. The van der Waals surface area contributed by atoms with Crippen LogP contribution in [0.15, 0.2) is 33.9 Å². The van der Waals surface area contributed by atoms with Gasteiger partial charge in [-0.05, 0) is 27.4 Å². The maximum atomic E-state index is 13.2. The summed E-state index contributed by atoms with van der Waals surface area (Å²) in [6, 6.07) is 1.76. The molecule has 3 atom stereocenters. The number of hydrogen-bond donors (Lipinski definition) is 5. The number of thiophene rings is 1. The number of carbonyl (C=O) groups is 5. The maximum Gasteiger partial charge on any atom is 0.352 e. The number of nitrogens with one attached hydrogen (secondary N) is 4. The lowest BCUT2D eigenvalue weighted by Crippen LogP contribution is -2.71. The summed E-state index contributed by atoms with van der Waals surface area (Å²) in [5.41, 5.74) is 4.46. The smallest absolute Gasteiger partial charge is 0.352 e. The number of urea groups is 1. The third-order valence-electron chi connectivity index (χ3n) is 5.42. The first-order chi connectivity index (χ1) is 18.7. The number of hydrazine groups is 1. The number of carboxylic acids is 1. The molecule has 2 aromatic heterocycles. The van der Waals surface area contributed by atoms with Gasteiger partial charge in [0.2, 0.25) is 11.1 Å². The molecular formula is C20H20N10O6S3. The van der Waals surface area contributed by atoms with Crippen LogP contribution in [-0.2, 0) is 26.2 Å². The number of aliphatic carboxylic acids is 1. The summed E-state index contributed by atoms with van der Waals surface area (Å²) in [6.45, 7) is 0. The topological polar surface area (TPSA) is 224 Å². The van der Waals surface area contributed by atoms with E-state index >= 15 is 0 Å². The van der Waals surface area contributed by atoms with Gasteiger partial charge in [-0.2, -0.15) is 5.26 Å². The Kier molecular flexibility index (Phi) is 8.68. The van der Waals surface area contributed by atoms with Crippen LogP contribution >= 0.6 is 34.9 Å². The maximum absolute atomic E-state index is 13.2. The van der Waals surface area contributed by atoms with Crippen molar-refractivity contribution in [1.82, 2.24) is 46.6 Å². The molecule has 5 amide bonds. The molecule has 2 aliphatic rings. The van der Waals surface area contributed by atoms with Crippen LogP contribution in [0.1, 0.15) is 17.3 Å². The molecule has 19 heteroatoms. The van der Waals surface area contributed by atoms with Crippen LogP contribution in [0.5, 0.6) is 0 Å². The van der Waals surface area contributed by atoms with E-state index in [1.807, 2.05) is 5.43 Å². The molecule has 0 saturated carbocycles. The number of β-lactam (4-membered cyclic amide) rings is 1. The molecule has 2 unspecified atom stereocenters. The normalized spacial score (nSPS) is 18.8. The summed E-state index contributed by atoms with van der Waals surface area (Å²) >= 11 is 3.72. The van der Waals surface area contributed by atoms with Crippen molar-refractivity contribution in [3.05, 3.63) is 33.7 Å². The first kappa shape index (κ1) is 27.9. The second-order valence-corrected chi connectivity index (χ2v) is 11.0.